The van der Waals surface area contributed by atoms with E-state index in [1.54, 1.807) is 0 Å². The predicted molar refractivity (Wildman–Crippen MR) is 124 cm³/mol. The average molecular weight is 420 g/mol. The Hall–Kier alpha value is -0.120. The summed E-state index contributed by atoms with van der Waals surface area (Å²) in [5.74, 6) is 5.01. The van der Waals surface area contributed by atoms with E-state index in [9.17, 15) is 5.11 Å². The summed E-state index contributed by atoms with van der Waals surface area (Å²) >= 11 is 0. The van der Waals surface area contributed by atoms with Crippen molar-refractivity contribution in [3.63, 3.8) is 0 Å². The lowest BCUT2D eigenvalue weighted by Crippen LogP contribution is -2.58. The van der Waals surface area contributed by atoms with Crippen molar-refractivity contribution in [3.05, 3.63) is 0 Å². The molecule has 0 bridgehead atoms. The van der Waals surface area contributed by atoms with Crippen molar-refractivity contribution in [2.24, 2.45) is 52.1 Å². The van der Waals surface area contributed by atoms with Gasteiger partial charge in [-0.1, -0.05) is 33.6 Å². The topological polar surface area (TPSA) is 55.5 Å². The number of hydrogen-bond acceptors (Lipinski definition) is 3. The molecule has 4 fully saturated rings. The van der Waals surface area contributed by atoms with E-state index >= 15 is 0 Å². The Morgan fingerprint density at radius 3 is 2.63 bits per heavy atom. The maximum absolute atomic E-state index is 9.41. The molecule has 3 N–H and O–H groups in total. The molecule has 0 aromatic carbocycles. The van der Waals surface area contributed by atoms with Crippen molar-refractivity contribution in [1.29, 1.82) is 0 Å². The summed E-state index contributed by atoms with van der Waals surface area (Å²) in [5, 5.41) is 9.41. The molecule has 0 saturated heterocycles. The zero-order valence-electron chi connectivity index (χ0n) is 20.1. The van der Waals surface area contributed by atoms with E-state index in [1.165, 1.54) is 57.8 Å². The first-order valence-electron chi connectivity index (χ1n) is 13.4. The molecule has 0 spiro atoms. The van der Waals surface area contributed by atoms with E-state index in [-0.39, 0.29) is 0 Å². The van der Waals surface area contributed by atoms with Gasteiger partial charge in [-0.15, -0.1) is 0 Å². The van der Waals surface area contributed by atoms with E-state index in [2.05, 4.69) is 20.8 Å². The summed E-state index contributed by atoms with van der Waals surface area (Å²) in [6, 6.07) is 0. The monoisotopic (exact) mass is 419 g/mol. The molecule has 4 aliphatic carbocycles. The Bertz CT molecular complexity index is 567. The van der Waals surface area contributed by atoms with E-state index in [0.717, 1.165) is 62.0 Å². The van der Waals surface area contributed by atoms with Crippen molar-refractivity contribution in [3.8, 4) is 0 Å². The largest absolute Gasteiger partial charge is 0.396 e. The third kappa shape index (κ3) is 3.79. The molecule has 0 aliphatic heterocycles. The van der Waals surface area contributed by atoms with E-state index in [4.69, 9.17) is 10.5 Å². The van der Waals surface area contributed by atoms with E-state index < -0.39 is 0 Å². The minimum absolute atomic E-state index is 0.308. The summed E-state index contributed by atoms with van der Waals surface area (Å²) in [6.45, 7) is 9.63. The molecule has 9 atom stereocenters. The van der Waals surface area contributed by atoms with Crippen molar-refractivity contribution < 1.29 is 9.84 Å². The molecule has 6 unspecified atom stereocenters. The van der Waals surface area contributed by atoms with Crippen LogP contribution in [-0.4, -0.2) is 31.0 Å². The van der Waals surface area contributed by atoms with Crippen LogP contribution in [0.5, 0.6) is 0 Å². The molecule has 174 valence electrons. The second kappa shape index (κ2) is 9.40. The highest BCUT2D eigenvalue weighted by Gasteiger charge is 2.63. The molecular formula is C27H49NO2. The summed E-state index contributed by atoms with van der Waals surface area (Å²) in [7, 11) is 0. The van der Waals surface area contributed by atoms with Crippen LogP contribution in [0.2, 0.25) is 0 Å². The van der Waals surface area contributed by atoms with Crippen LogP contribution in [-0.2, 0) is 4.74 Å². The fourth-order valence-corrected chi connectivity index (χ4v) is 9.36. The van der Waals surface area contributed by atoms with Crippen molar-refractivity contribution in [2.45, 2.75) is 104 Å². The van der Waals surface area contributed by atoms with Gasteiger partial charge < -0.3 is 15.6 Å². The first kappa shape index (κ1) is 23.1. The van der Waals surface area contributed by atoms with Crippen LogP contribution in [0.25, 0.3) is 0 Å². The summed E-state index contributed by atoms with van der Waals surface area (Å²) < 4.78 is 6.77. The smallest absolute Gasteiger partial charge is 0.0637 e. The maximum Gasteiger partial charge on any atom is 0.0637 e. The minimum atomic E-state index is 0.308. The second-order valence-electron chi connectivity index (χ2n) is 12.0. The Morgan fingerprint density at radius 2 is 1.87 bits per heavy atom. The number of hydrogen-bond donors (Lipinski definition) is 2. The number of fused-ring (bicyclic) bond motifs is 5. The Kier molecular flexibility index (Phi) is 7.22. The minimum Gasteiger partial charge on any atom is -0.396 e. The van der Waals surface area contributed by atoms with E-state index in [0.29, 0.717) is 29.5 Å². The number of aliphatic hydroxyl groups is 1. The number of nitrogens with two attached hydrogens (primary N) is 1. The van der Waals surface area contributed by atoms with Crippen LogP contribution < -0.4 is 5.73 Å². The Morgan fingerprint density at radius 1 is 1.03 bits per heavy atom. The van der Waals surface area contributed by atoms with Gasteiger partial charge in [0.2, 0.25) is 0 Å². The standard InChI is InChI=1S/C27H49NO2/c1-19(8-6-16-29)22-12-13-23-21-11-10-20-9-4-5-14-26(20,2)24(21)18-25(27(22,23)3)30-17-7-15-28/h19-25,29H,4-18,28H2,1-3H3/t19?,20?,21?,22?,23?,24?,25-,26-,27+/m0/s1. The van der Waals surface area contributed by atoms with Gasteiger partial charge in [0, 0.05) is 13.2 Å². The fourth-order valence-electron chi connectivity index (χ4n) is 9.36. The first-order chi connectivity index (χ1) is 14.5. The third-order valence-corrected chi connectivity index (χ3v) is 10.9. The highest BCUT2D eigenvalue weighted by molar-refractivity contribution is 5.12. The summed E-state index contributed by atoms with van der Waals surface area (Å²) in [5.41, 5.74) is 6.69. The molecule has 3 heteroatoms. The fraction of sp³-hybridized carbons (Fsp3) is 1.00. The van der Waals surface area contributed by atoms with E-state index in [1.807, 2.05) is 0 Å². The number of rotatable bonds is 8. The quantitative estimate of drug-likeness (QED) is 0.490. The lowest BCUT2D eigenvalue weighted by atomic mass is 9.44. The molecule has 0 aromatic heterocycles. The summed E-state index contributed by atoms with van der Waals surface area (Å²) in [6.07, 6.45) is 16.3. The molecule has 0 heterocycles. The molecule has 30 heavy (non-hydrogen) atoms. The van der Waals surface area contributed by atoms with Gasteiger partial charge in [-0.3, -0.25) is 0 Å². The molecule has 3 nitrogen and oxygen atoms in total. The molecule has 0 amide bonds. The SMILES string of the molecule is CC(CCCO)C1CCC2C3CCC4CCCC[C@]4(C)C3C[C@H](OCCCN)[C@]12C. The molecule has 4 saturated carbocycles. The molecule has 4 aliphatic rings. The third-order valence-electron chi connectivity index (χ3n) is 10.9. The maximum atomic E-state index is 9.41. The number of aliphatic hydroxyl groups excluding tert-OH is 1. The number of ether oxygens (including phenoxy) is 1. The van der Waals surface area contributed by atoms with Crippen molar-refractivity contribution >= 4 is 0 Å². The molecular weight excluding hydrogens is 370 g/mol. The first-order valence-corrected chi connectivity index (χ1v) is 13.4. The van der Waals surface area contributed by atoms with Gasteiger partial charge in [-0.05, 0) is 117 Å². The van der Waals surface area contributed by atoms with Crippen LogP contribution in [0.15, 0.2) is 0 Å². The highest BCUT2D eigenvalue weighted by Crippen LogP contribution is 2.68. The van der Waals surface area contributed by atoms with Gasteiger partial charge in [-0.25, -0.2) is 0 Å². The lowest BCUT2D eigenvalue weighted by molar-refractivity contribution is -0.185. The van der Waals surface area contributed by atoms with Gasteiger partial charge >= 0.3 is 0 Å². The molecule has 0 aromatic rings. The average Bonchev–Trinajstić information content (AvgIpc) is 3.10. The predicted octanol–water partition coefficient (Wildman–Crippen LogP) is 5.79. The normalized spacial score (nSPS) is 46.7. The highest BCUT2D eigenvalue weighted by atomic mass is 16.5. The van der Waals surface area contributed by atoms with Crippen LogP contribution >= 0.6 is 0 Å². The Labute approximate surface area is 185 Å². The Balaban J connectivity index is 1.62. The van der Waals surface area contributed by atoms with Gasteiger partial charge in [0.05, 0.1) is 6.10 Å². The second-order valence-corrected chi connectivity index (χ2v) is 12.0. The van der Waals surface area contributed by atoms with Crippen LogP contribution in [0.4, 0.5) is 0 Å². The molecule has 4 rings (SSSR count). The van der Waals surface area contributed by atoms with Crippen LogP contribution in [0.3, 0.4) is 0 Å². The van der Waals surface area contributed by atoms with Crippen LogP contribution in [0.1, 0.15) is 97.8 Å². The van der Waals surface area contributed by atoms with Gasteiger partial charge in [0.15, 0.2) is 0 Å². The zero-order chi connectivity index (χ0) is 21.4. The van der Waals surface area contributed by atoms with Crippen molar-refractivity contribution in [1.82, 2.24) is 0 Å². The van der Waals surface area contributed by atoms with Crippen molar-refractivity contribution in [2.75, 3.05) is 19.8 Å². The van der Waals surface area contributed by atoms with Gasteiger partial charge in [0.25, 0.3) is 0 Å². The van der Waals surface area contributed by atoms with Crippen LogP contribution in [0, 0.1) is 46.3 Å². The van der Waals surface area contributed by atoms with Gasteiger partial charge in [0.1, 0.15) is 0 Å². The van der Waals surface area contributed by atoms with Gasteiger partial charge in [-0.2, -0.15) is 0 Å². The lowest BCUT2D eigenvalue weighted by Gasteiger charge is -2.62. The summed E-state index contributed by atoms with van der Waals surface area (Å²) in [4.78, 5) is 0. The molecule has 0 radical (unpaired) electrons. The zero-order valence-corrected chi connectivity index (χ0v) is 20.1.